The Balaban J connectivity index is 1.37. The highest BCUT2D eigenvalue weighted by molar-refractivity contribution is 5.80. The normalized spacial score (nSPS) is 28.1. The predicted octanol–water partition coefficient (Wildman–Crippen LogP) is 2.56. The Kier molecular flexibility index (Phi) is 6.54. The molecule has 0 aromatic heterocycles. The van der Waals surface area contributed by atoms with Crippen molar-refractivity contribution >= 4 is 17.8 Å². The van der Waals surface area contributed by atoms with Gasteiger partial charge in [0.2, 0.25) is 11.8 Å². The lowest BCUT2D eigenvalue weighted by Crippen LogP contribution is -2.45. The molecule has 2 amide bonds. The summed E-state index contributed by atoms with van der Waals surface area (Å²) in [5.41, 5.74) is 0. The summed E-state index contributed by atoms with van der Waals surface area (Å²) in [6, 6.07) is 0.214. The Morgan fingerprint density at radius 3 is 2.04 bits per heavy atom. The van der Waals surface area contributed by atoms with Crippen LogP contribution in [0.4, 0.5) is 0 Å². The van der Waals surface area contributed by atoms with Gasteiger partial charge in [0.1, 0.15) is 0 Å². The molecule has 6 nitrogen and oxygen atoms in total. The van der Waals surface area contributed by atoms with Gasteiger partial charge in [0.05, 0.1) is 5.92 Å². The van der Waals surface area contributed by atoms with Crippen molar-refractivity contribution < 1.29 is 19.5 Å². The van der Waals surface area contributed by atoms with E-state index < -0.39 is 5.97 Å². The topological polar surface area (TPSA) is 86.7 Å². The van der Waals surface area contributed by atoms with Crippen molar-refractivity contribution in [1.29, 1.82) is 0 Å². The Morgan fingerprint density at radius 1 is 0.846 bits per heavy atom. The van der Waals surface area contributed by atoms with E-state index in [1.807, 2.05) is 4.90 Å². The van der Waals surface area contributed by atoms with Crippen LogP contribution in [0.1, 0.15) is 70.6 Å². The van der Waals surface area contributed by atoms with Gasteiger partial charge in [-0.15, -0.1) is 0 Å². The van der Waals surface area contributed by atoms with Crippen LogP contribution in [0.15, 0.2) is 0 Å². The lowest BCUT2D eigenvalue weighted by Gasteiger charge is -2.35. The SMILES string of the molecule is O=C(CC1CCCC1)NC1CCC(C(=O)N2CCC(C(=O)O)CC2)CC1. The third-order valence-corrected chi connectivity index (χ3v) is 6.55. The maximum atomic E-state index is 12.7. The van der Waals surface area contributed by atoms with Crippen LogP contribution >= 0.6 is 0 Å². The van der Waals surface area contributed by atoms with E-state index in [0.29, 0.717) is 38.3 Å². The molecular weight excluding hydrogens is 332 g/mol. The van der Waals surface area contributed by atoms with Crippen molar-refractivity contribution in [2.45, 2.75) is 76.7 Å². The van der Waals surface area contributed by atoms with E-state index in [0.717, 1.165) is 25.7 Å². The average molecular weight is 364 g/mol. The summed E-state index contributed by atoms with van der Waals surface area (Å²) in [4.78, 5) is 37.7. The first kappa shape index (κ1) is 19.2. The van der Waals surface area contributed by atoms with Gasteiger partial charge >= 0.3 is 5.97 Å². The van der Waals surface area contributed by atoms with Gasteiger partial charge in [0.15, 0.2) is 0 Å². The molecule has 3 rings (SSSR count). The molecule has 0 bridgehead atoms. The van der Waals surface area contributed by atoms with Gasteiger partial charge in [0, 0.05) is 31.5 Å². The van der Waals surface area contributed by atoms with E-state index in [-0.39, 0.29) is 29.7 Å². The van der Waals surface area contributed by atoms with E-state index in [2.05, 4.69) is 5.32 Å². The molecule has 2 saturated carbocycles. The third kappa shape index (κ3) is 4.98. The molecule has 0 unspecified atom stereocenters. The van der Waals surface area contributed by atoms with Gasteiger partial charge < -0.3 is 15.3 Å². The van der Waals surface area contributed by atoms with Crippen molar-refractivity contribution in [2.75, 3.05) is 13.1 Å². The third-order valence-electron chi connectivity index (χ3n) is 6.55. The van der Waals surface area contributed by atoms with Crippen molar-refractivity contribution in [2.24, 2.45) is 17.8 Å². The molecule has 2 aliphatic carbocycles. The van der Waals surface area contributed by atoms with Gasteiger partial charge in [-0.1, -0.05) is 12.8 Å². The maximum absolute atomic E-state index is 12.7. The van der Waals surface area contributed by atoms with E-state index in [1.165, 1.54) is 25.7 Å². The zero-order valence-electron chi connectivity index (χ0n) is 15.6. The highest BCUT2D eigenvalue weighted by Gasteiger charge is 2.33. The fraction of sp³-hybridized carbons (Fsp3) is 0.850. The lowest BCUT2D eigenvalue weighted by atomic mass is 9.84. The molecule has 26 heavy (non-hydrogen) atoms. The summed E-state index contributed by atoms with van der Waals surface area (Å²) in [5.74, 6) is -0.0659. The molecule has 3 aliphatic rings. The van der Waals surface area contributed by atoms with Gasteiger partial charge in [-0.3, -0.25) is 14.4 Å². The molecule has 0 radical (unpaired) electrons. The highest BCUT2D eigenvalue weighted by atomic mass is 16.4. The second kappa shape index (κ2) is 8.87. The van der Waals surface area contributed by atoms with E-state index in [4.69, 9.17) is 5.11 Å². The van der Waals surface area contributed by atoms with Crippen molar-refractivity contribution in [1.82, 2.24) is 10.2 Å². The van der Waals surface area contributed by atoms with Gasteiger partial charge in [-0.2, -0.15) is 0 Å². The van der Waals surface area contributed by atoms with E-state index in [1.54, 1.807) is 0 Å². The zero-order valence-corrected chi connectivity index (χ0v) is 15.6. The minimum Gasteiger partial charge on any atom is -0.481 e. The first-order valence-electron chi connectivity index (χ1n) is 10.3. The van der Waals surface area contributed by atoms with Gasteiger partial charge in [-0.25, -0.2) is 0 Å². The quantitative estimate of drug-likeness (QED) is 0.785. The van der Waals surface area contributed by atoms with Crippen LogP contribution in [0.3, 0.4) is 0 Å². The van der Waals surface area contributed by atoms with Crippen molar-refractivity contribution in [3.05, 3.63) is 0 Å². The van der Waals surface area contributed by atoms with Crippen LogP contribution < -0.4 is 5.32 Å². The minimum absolute atomic E-state index is 0.0411. The second-order valence-corrected chi connectivity index (χ2v) is 8.41. The number of amides is 2. The number of carbonyl (C=O) groups is 3. The van der Waals surface area contributed by atoms with Gasteiger partial charge in [0.25, 0.3) is 0 Å². The van der Waals surface area contributed by atoms with Crippen molar-refractivity contribution in [3.8, 4) is 0 Å². The number of likely N-dealkylation sites (tertiary alicyclic amines) is 1. The van der Waals surface area contributed by atoms with Crippen LogP contribution in [0.25, 0.3) is 0 Å². The Morgan fingerprint density at radius 2 is 1.46 bits per heavy atom. The first-order chi connectivity index (χ1) is 12.5. The Labute approximate surface area is 155 Å². The summed E-state index contributed by atoms with van der Waals surface area (Å²) in [7, 11) is 0. The fourth-order valence-corrected chi connectivity index (χ4v) is 4.85. The summed E-state index contributed by atoms with van der Waals surface area (Å²) in [6.45, 7) is 1.13. The Hall–Kier alpha value is -1.59. The molecule has 0 aromatic carbocycles. The molecule has 6 heteroatoms. The number of carboxylic acids is 1. The number of aliphatic carboxylic acids is 1. The molecule has 1 heterocycles. The number of rotatable bonds is 5. The largest absolute Gasteiger partial charge is 0.481 e. The summed E-state index contributed by atoms with van der Waals surface area (Å²) < 4.78 is 0. The summed E-state index contributed by atoms with van der Waals surface area (Å²) in [6.07, 6.45) is 10.1. The van der Waals surface area contributed by atoms with Crippen LogP contribution in [-0.4, -0.2) is 46.9 Å². The summed E-state index contributed by atoms with van der Waals surface area (Å²) >= 11 is 0. The number of piperidine rings is 1. The molecular formula is C20H32N2O4. The number of hydrogen-bond donors (Lipinski definition) is 2. The molecule has 0 atom stereocenters. The fourth-order valence-electron chi connectivity index (χ4n) is 4.85. The maximum Gasteiger partial charge on any atom is 0.306 e. The van der Waals surface area contributed by atoms with Gasteiger partial charge in [-0.05, 0) is 57.3 Å². The number of carboxylic acid groups (broad SMARTS) is 1. The smallest absolute Gasteiger partial charge is 0.306 e. The van der Waals surface area contributed by atoms with E-state index in [9.17, 15) is 14.4 Å². The predicted molar refractivity (Wildman–Crippen MR) is 97.4 cm³/mol. The number of hydrogen-bond acceptors (Lipinski definition) is 3. The van der Waals surface area contributed by atoms with Crippen LogP contribution in [0.2, 0.25) is 0 Å². The minimum atomic E-state index is -0.744. The zero-order chi connectivity index (χ0) is 18.5. The summed E-state index contributed by atoms with van der Waals surface area (Å²) in [5, 5.41) is 12.2. The van der Waals surface area contributed by atoms with Crippen LogP contribution in [0, 0.1) is 17.8 Å². The monoisotopic (exact) mass is 364 g/mol. The first-order valence-corrected chi connectivity index (χ1v) is 10.3. The molecule has 1 aliphatic heterocycles. The molecule has 146 valence electrons. The average Bonchev–Trinajstić information content (AvgIpc) is 3.14. The molecule has 0 aromatic rings. The Bertz CT molecular complexity index is 514. The van der Waals surface area contributed by atoms with E-state index >= 15 is 0 Å². The second-order valence-electron chi connectivity index (χ2n) is 8.41. The van der Waals surface area contributed by atoms with Crippen LogP contribution in [0.5, 0.6) is 0 Å². The number of nitrogens with one attached hydrogen (secondary N) is 1. The standard InChI is InChI=1S/C20H32N2O4/c23-18(13-14-3-1-2-4-14)21-17-7-5-15(6-8-17)19(24)22-11-9-16(10-12-22)20(25)26/h14-17H,1-13H2,(H,21,23)(H,25,26). The molecule has 1 saturated heterocycles. The lowest BCUT2D eigenvalue weighted by molar-refractivity contribution is -0.147. The molecule has 2 N–H and O–H groups in total. The number of nitrogens with zero attached hydrogens (tertiary/aromatic N) is 1. The number of carbonyl (C=O) groups excluding carboxylic acids is 2. The molecule has 0 spiro atoms. The highest BCUT2D eigenvalue weighted by Crippen LogP contribution is 2.30. The van der Waals surface area contributed by atoms with Crippen molar-refractivity contribution in [3.63, 3.8) is 0 Å². The molecule has 3 fully saturated rings. The van der Waals surface area contributed by atoms with Crippen LogP contribution in [-0.2, 0) is 14.4 Å².